The SMILES string of the molecule is CCOC(=O)c1ccc(OCC(=O)N2c3ccccc3NC(=O)C2(C)C)cc1. The topological polar surface area (TPSA) is 84.9 Å². The Bertz CT molecular complexity index is 905. The molecule has 1 heterocycles. The summed E-state index contributed by atoms with van der Waals surface area (Å²) in [4.78, 5) is 38.5. The van der Waals surface area contributed by atoms with Gasteiger partial charge in [-0.1, -0.05) is 12.1 Å². The zero-order chi connectivity index (χ0) is 20.3. The zero-order valence-corrected chi connectivity index (χ0v) is 16.0. The average molecular weight is 382 g/mol. The van der Waals surface area contributed by atoms with Crippen LogP contribution in [0.1, 0.15) is 31.1 Å². The van der Waals surface area contributed by atoms with E-state index in [1.54, 1.807) is 63.2 Å². The van der Waals surface area contributed by atoms with Gasteiger partial charge in [0.05, 0.1) is 23.5 Å². The van der Waals surface area contributed by atoms with Crippen LogP contribution >= 0.6 is 0 Å². The van der Waals surface area contributed by atoms with Crippen molar-refractivity contribution in [2.24, 2.45) is 0 Å². The van der Waals surface area contributed by atoms with Crippen molar-refractivity contribution in [1.82, 2.24) is 0 Å². The molecule has 0 fully saturated rings. The summed E-state index contributed by atoms with van der Waals surface area (Å²) in [7, 11) is 0. The van der Waals surface area contributed by atoms with Gasteiger partial charge in [-0.3, -0.25) is 14.5 Å². The molecule has 1 aliphatic heterocycles. The molecule has 146 valence electrons. The highest BCUT2D eigenvalue weighted by atomic mass is 16.5. The molecule has 2 aromatic rings. The molecule has 7 nitrogen and oxygen atoms in total. The standard InChI is InChI=1S/C21H22N2O5/c1-4-27-19(25)14-9-11-15(12-10-14)28-13-18(24)23-17-8-6-5-7-16(17)22-20(26)21(23,2)3/h5-12H,4,13H2,1-3H3,(H,22,26). The van der Waals surface area contributed by atoms with E-state index in [9.17, 15) is 14.4 Å². The number of esters is 1. The number of para-hydroxylation sites is 2. The molecule has 1 aliphatic rings. The second kappa shape index (κ2) is 7.72. The summed E-state index contributed by atoms with van der Waals surface area (Å²) < 4.78 is 10.5. The number of hydrogen-bond donors (Lipinski definition) is 1. The number of ether oxygens (including phenoxy) is 2. The van der Waals surface area contributed by atoms with Crippen molar-refractivity contribution in [3.05, 3.63) is 54.1 Å². The van der Waals surface area contributed by atoms with Crippen molar-refractivity contribution >= 4 is 29.2 Å². The normalized spacial score (nSPS) is 14.7. The van der Waals surface area contributed by atoms with Crippen LogP contribution in [0, 0.1) is 0 Å². The van der Waals surface area contributed by atoms with Crippen LogP contribution in [0.15, 0.2) is 48.5 Å². The summed E-state index contributed by atoms with van der Waals surface area (Å²) in [6.07, 6.45) is 0. The van der Waals surface area contributed by atoms with E-state index in [1.807, 2.05) is 6.07 Å². The quantitative estimate of drug-likeness (QED) is 0.804. The number of rotatable bonds is 5. The van der Waals surface area contributed by atoms with Crippen molar-refractivity contribution in [3.63, 3.8) is 0 Å². The monoisotopic (exact) mass is 382 g/mol. The molecule has 2 aromatic carbocycles. The van der Waals surface area contributed by atoms with Crippen molar-refractivity contribution in [2.45, 2.75) is 26.3 Å². The Morgan fingerprint density at radius 2 is 1.75 bits per heavy atom. The molecule has 0 aromatic heterocycles. The van der Waals surface area contributed by atoms with Crippen LogP contribution in [0.5, 0.6) is 5.75 Å². The molecule has 3 rings (SSSR count). The Morgan fingerprint density at radius 3 is 2.43 bits per heavy atom. The maximum atomic E-state index is 12.9. The maximum Gasteiger partial charge on any atom is 0.338 e. The third-order valence-corrected chi connectivity index (χ3v) is 4.49. The van der Waals surface area contributed by atoms with Crippen molar-refractivity contribution in [3.8, 4) is 5.75 Å². The number of amides is 2. The van der Waals surface area contributed by atoms with Crippen molar-refractivity contribution in [1.29, 1.82) is 0 Å². The minimum absolute atomic E-state index is 0.246. The summed E-state index contributed by atoms with van der Waals surface area (Å²) in [5, 5.41) is 2.82. The van der Waals surface area contributed by atoms with Gasteiger partial charge in [0.25, 0.3) is 5.91 Å². The average Bonchev–Trinajstić information content (AvgIpc) is 2.67. The van der Waals surface area contributed by atoms with Crippen molar-refractivity contribution < 1.29 is 23.9 Å². The van der Waals surface area contributed by atoms with Gasteiger partial charge >= 0.3 is 5.97 Å². The first kappa shape index (κ1) is 19.4. The van der Waals surface area contributed by atoms with E-state index in [2.05, 4.69) is 5.32 Å². The van der Waals surface area contributed by atoms with Gasteiger partial charge in [-0.2, -0.15) is 0 Å². The lowest BCUT2D eigenvalue weighted by molar-refractivity contribution is -0.127. The number of hydrogen-bond acceptors (Lipinski definition) is 5. The third-order valence-electron chi connectivity index (χ3n) is 4.49. The van der Waals surface area contributed by atoms with Gasteiger partial charge in [0.1, 0.15) is 11.3 Å². The summed E-state index contributed by atoms with van der Waals surface area (Å²) >= 11 is 0. The Kier molecular flexibility index (Phi) is 5.35. The number of nitrogens with one attached hydrogen (secondary N) is 1. The summed E-state index contributed by atoms with van der Waals surface area (Å²) in [5.41, 5.74) is 0.559. The molecule has 7 heteroatoms. The van der Waals surface area contributed by atoms with E-state index in [1.165, 1.54) is 4.90 Å². The molecular formula is C21H22N2O5. The fraction of sp³-hybridized carbons (Fsp3) is 0.286. The summed E-state index contributed by atoms with van der Waals surface area (Å²) in [5.74, 6) is -0.586. The van der Waals surface area contributed by atoms with E-state index in [0.717, 1.165) is 0 Å². The Labute approximate surface area is 163 Å². The highest BCUT2D eigenvalue weighted by molar-refractivity contribution is 6.14. The summed E-state index contributed by atoms with van der Waals surface area (Å²) in [6, 6.07) is 13.5. The van der Waals surface area contributed by atoms with E-state index in [-0.39, 0.29) is 18.4 Å². The Morgan fingerprint density at radius 1 is 1.07 bits per heavy atom. The first-order chi connectivity index (χ1) is 13.3. The van der Waals surface area contributed by atoms with Gasteiger partial charge in [-0.05, 0) is 57.2 Å². The number of benzene rings is 2. The fourth-order valence-corrected chi connectivity index (χ4v) is 3.01. The van der Waals surface area contributed by atoms with Gasteiger partial charge in [0.2, 0.25) is 5.91 Å². The number of nitrogens with zero attached hydrogens (tertiary/aromatic N) is 1. The molecule has 0 atom stereocenters. The first-order valence-corrected chi connectivity index (χ1v) is 8.98. The van der Waals surface area contributed by atoms with Gasteiger partial charge < -0.3 is 14.8 Å². The molecule has 0 unspecified atom stereocenters. The van der Waals surface area contributed by atoms with Gasteiger partial charge in [-0.15, -0.1) is 0 Å². The number of anilines is 2. The minimum Gasteiger partial charge on any atom is -0.484 e. The van der Waals surface area contributed by atoms with Gasteiger partial charge in [0, 0.05) is 0 Å². The van der Waals surface area contributed by atoms with Crippen molar-refractivity contribution in [2.75, 3.05) is 23.4 Å². The van der Waals surface area contributed by atoms with Crippen LogP contribution < -0.4 is 15.0 Å². The predicted molar refractivity (Wildman–Crippen MR) is 105 cm³/mol. The summed E-state index contributed by atoms with van der Waals surface area (Å²) in [6.45, 7) is 5.16. The fourth-order valence-electron chi connectivity index (χ4n) is 3.01. The minimum atomic E-state index is -1.05. The molecule has 0 spiro atoms. The lowest BCUT2D eigenvalue weighted by Crippen LogP contribution is -2.59. The molecule has 0 bridgehead atoms. The van der Waals surface area contributed by atoms with E-state index < -0.39 is 11.5 Å². The molecule has 0 saturated heterocycles. The smallest absolute Gasteiger partial charge is 0.338 e. The second-order valence-electron chi connectivity index (χ2n) is 6.79. The van der Waals surface area contributed by atoms with Crippen LogP contribution in [-0.2, 0) is 14.3 Å². The van der Waals surface area contributed by atoms with Gasteiger partial charge in [-0.25, -0.2) is 4.79 Å². The predicted octanol–water partition coefficient (Wildman–Crippen LogP) is 3.01. The first-order valence-electron chi connectivity index (χ1n) is 8.98. The lowest BCUT2D eigenvalue weighted by Gasteiger charge is -2.41. The van der Waals surface area contributed by atoms with Crippen LogP contribution in [0.25, 0.3) is 0 Å². The second-order valence-corrected chi connectivity index (χ2v) is 6.79. The molecule has 0 radical (unpaired) electrons. The molecular weight excluding hydrogens is 360 g/mol. The van der Waals surface area contributed by atoms with Crippen LogP contribution in [-0.4, -0.2) is 36.5 Å². The number of fused-ring (bicyclic) bond motifs is 1. The molecule has 2 amide bonds. The molecule has 1 N–H and O–H groups in total. The maximum absolute atomic E-state index is 12.9. The van der Waals surface area contributed by atoms with E-state index in [4.69, 9.17) is 9.47 Å². The highest BCUT2D eigenvalue weighted by Crippen LogP contribution is 2.36. The number of carbonyl (C=O) groups excluding carboxylic acids is 3. The zero-order valence-electron chi connectivity index (χ0n) is 16.0. The molecule has 0 saturated carbocycles. The lowest BCUT2D eigenvalue weighted by atomic mass is 9.96. The van der Waals surface area contributed by atoms with E-state index >= 15 is 0 Å². The third kappa shape index (κ3) is 3.69. The van der Waals surface area contributed by atoms with Gasteiger partial charge in [0.15, 0.2) is 6.61 Å². The molecule has 0 aliphatic carbocycles. The van der Waals surface area contributed by atoms with E-state index in [0.29, 0.717) is 29.3 Å². The largest absolute Gasteiger partial charge is 0.484 e. The Balaban J connectivity index is 1.74. The van der Waals surface area contributed by atoms with Crippen LogP contribution in [0.3, 0.4) is 0 Å². The highest BCUT2D eigenvalue weighted by Gasteiger charge is 2.43. The molecule has 28 heavy (non-hydrogen) atoms. The Hall–Kier alpha value is -3.35. The number of carbonyl (C=O) groups is 3. The van der Waals surface area contributed by atoms with Crippen LogP contribution in [0.4, 0.5) is 11.4 Å². The van der Waals surface area contributed by atoms with Crippen LogP contribution in [0.2, 0.25) is 0 Å².